The molecule has 112 valence electrons. The summed E-state index contributed by atoms with van der Waals surface area (Å²) in [5, 5.41) is 12.1. The number of likely N-dealkylation sites (N-methyl/N-ethyl adjacent to an activating group) is 1. The zero-order chi connectivity index (χ0) is 32.2. The third-order valence-corrected chi connectivity index (χ3v) is 2.31. The van der Waals surface area contributed by atoms with Crippen molar-refractivity contribution in [3.8, 4) is 5.75 Å². The Bertz CT molecular complexity index is 1130. The SMILES string of the molecule is [2H]c1c([2H])c([C@@]([2H])(C([2H])([2H])N(C)C([2H])([2H])[2H])C2(O)C([2H])([2H])C([2H])([2H])C([2H])([2H])C([2H])([2H])C2([2H])[2H])c([2H])c([2H])c1OC. The molecule has 1 N–H and O–H groups in total. The maximum Gasteiger partial charge on any atom is 0.118 e. The molecule has 1 aliphatic carbocycles. The topological polar surface area (TPSA) is 32.7 Å². The van der Waals surface area contributed by atoms with Crippen LogP contribution in [-0.4, -0.2) is 43.2 Å². The zero-order valence-electron chi connectivity index (χ0n) is 30.8. The number of hydrogen-bond acceptors (Lipinski definition) is 3. The van der Waals surface area contributed by atoms with Gasteiger partial charge in [-0.25, -0.2) is 0 Å². The lowest BCUT2D eigenvalue weighted by Crippen LogP contribution is -2.42. The van der Waals surface area contributed by atoms with Crippen molar-refractivity contribution in [1.82, 2.24) is 4.90 Å². The van der Waals surface area contributed by atoms with Crippen molar-refractivity contribution in [2.45, 2.75) is 43.4 Å². The van der Waals surface area contributed by atoms with E-state index in [1.54, 1.807) is 0 Å². The number of rotatable bonds is 5. The van der Waals surface area contributed by atoms with Crippen molar-refractivity contribution in [2.75, 3.05) is 27.6 Å². The smallest absolute Gasteiger partial charge is 0.118 e. The van der Waals surface area contributed by atoms with Crippen LogP contribution in [0.2, 0.25) is 0 Å². The standard InChI is InChI=1S/C17H27NO2/c1-18(2)13-16(17(19)11-5-4-6-12-17)14-7-9-15(20-3)10-8-14/h7-10,16,19H,4-6,11-13H2,1-3H3/t16-/m1/s1/i1D3,4D2,5D2,6D2,7D,8D,9D,10D,11D2,12D2,13D2,16D. The van der Waals surface area contributed by atoms with Gasteiger partial charge in [0.1, 0.15) is 5.75 Å². The normalized spacial score (nSPS) is 50.0. The van der Waals surface area contributed by atoms with Gasteiger partial charge in [0.05, 0.1) is 18.2 Å². The molecule has 1 saturated carbocycles. The van der Waals surface area contributed by atoms with Gasteiger partial charge in [0.2, 0.25) is 0 Å². The first kappa shape index (κ1) is 3.82. The Morgan fingerprint density at radius 2 is 2.15 bits per heavy atom. The van der Waals surface area contributed by atoms with Crippen molar-refractivity contribution in [1.29, 1.82) is 0 Å². The van der Waals surface area contributed by atoms with Crippen LogP contribution in [0.5, 0.6) is 5.75 Å². The van der Waals surface area contributed by atoms with E-state index in [9.17, 15) is 6.48 Å². The molecule has 0 saturated heterocycles. The molecule has 0 aliphatic heterocycles. The number of aliphatic hydroxyl groups is 1. The van der Waals surface area contributed by atoms with Gasteiger partial charge >= 0.3 is 0 Å². The fourth-order valence-electron chi connectivity index (χ4n) is 1.44. The highest BCUT2D eigenvalue weighted by Gasteiger charge is 2.38. The first-order valence-corrected chi connectivity index (χ1v) is 5.48. The van der Waals surface area contributed by atoms with Crippen LogP contribution in [-0.2, 0) is 0 Å². The summed E-state index contributed by atoms with van der Waals surface area (Å²) >= 11 is 0. The summed E-state index contributed by atoms with van der Waals surface area (Å²) in [6.45, 7) is -7.78. The van der Waals surface area contributed by atoms with Crippen molar-refractivity contribution in [2.24, 2.45) is 0 Å². The van der Waals surface area contributed by atoms with Crippen LogP contribution < -0.4 is 4.74 Å². The van der Waals surface area contributed by atoms with E-state index in [4.69, 9.17) is 30.8 Å². The van der Waals surface area contributed by atoms with Gasteiger partial charge in [-0.3, -0.25) is 0 Å². The van der Waals surface area contributed by atoms with Crippen molar-refractivity contribution < 1.29 is 37.3 Å². The minimum Gasteiger partial charge on any atom is -0.497 e. The molecule has 1 atom stereocenters. The molecule has 2 rings (SSSR count). The quantitative estimate of drug-likeness (QED) is 0.907. The summed E-state index contributed by atoms with van der Waals surface area (Å²) in [5.41, 5.74) is -6.50. The lowest BCUT2D eigenvalue weighted by molar-refractivity contribution is -0.0277. The van der Waals surface area contributed by atoms with Crippen LogP contribution in [0.4, 0.5) is 0 Å². The number of nitrogens with zero attached hydrogens (tertiary/aromatic N) is 1. The second-order valence-electron chi connectivity index (χ2n) is 3.79. The second kappa shape index (κ2) is 6.59. The minimum absolute atomic E-state index is 0.304. The highest BCUT2D eigenvalue weighted by Crippen LogP contribution is 2.40. The molecule has 3 heteroatoms. The van der Waals surface area contributed by atoms with Crippen LogP contribution in [0.15, 0.2) is 24.2 Å². The average molecular weight is 298 g/mol. The first-order valence-electron chi connectivity index (χ1n) is 15.5. The van der Waals surface area contributed by atoms with Gasteiger partial charge in [0.25, 0.3) is 0 Å². The number of ether oxygens (including phenoxy) is 1. The van der Waals surface area contributed by atoms with Crippen LogP contribution >= 0.6 is 0 Å². The van der Waals surface area contributed by atoms with Crippen molar-refractivity contribution in [3.63, 3.8) is 0 Å². The fraction of sp³-hybridized carbons (Fsp3) is 0.647. The van der Waals surface area contributed by atoms with Crippen molar-refractivity contribution in [3.05, 3.63) is 29.7 Å². The van der Waals surface area contributed by atoms with E-state index in [0.29, 0.717) is 7.05 Å². The molecule has 1 aromatic rings. The molecule has 3 nitrogen and oxygen atoms in total. The van der Waals surface area contributed by atoms with Gasteiger partial charge in [-0.05, 0) is 44.4 Å². The van der Waals surface area contributed by atoms with Crippen LogP contribution in [0.25, 0.3) is 0 Å². The Labute approximate surface area is 150 Å². The molecule has 0 spiro atoms. The molecule has 0 unspecified atom stereocenters. The Kier molecular flexibility index (Phi) is 1.26. The van der Waals surface area contributed by atoms with Crippen molar-refractivity contribution >= 4 is 0 Å². The summed E-state index contributed by atoms with van der Waals surface area (Å²) < 4.78 is 170. The predicted octanol–water partition coefficient (Wildman–Crippen LogP) is 3.04. The van der Waals surface area contributed by atoms with Gasteiger partial charge in [0, 0.05) is 34.3 Å². The monoisotopic (exact) mass is 297 g/mol. The van der Waals surface area contributed by atoms with Crippen LogP contribution in [0.1, 0.15) is 70.7 Å². The highest BCUT2D eigenvalue weighted by molar-refractivity contribution is 5.31. The van der Waals surface area contributed by atoms with E-state index in [1.165, 1.54) is 0 Å². The summed E-state index contributed by atoms with van der Waals surface area (Å²) in [5.74, 6) is -5.28. The predicted molar refractivity (Wildman–Crippen MR) is 82.3 cm³/mol. The number of hydrogen-bond donors (Lipinski definition) is 1. The number of methoxy groups -OCH3 is 1. The maximum absolute atomic E-state index is 12.1. The van der Waals surface area contributed by atoms with Crippen LogP contribution in [0, 0.1) is 0 Å². The molecule has 0 amide bonds. The lowest BCUT2D eigenvalue weighted by Gasteiger charge is -2.40. The summed E-state index contributed by atoms with van der Waals surface area (Å²) in [6, 6.07) is -5.23. The second-order valence-corrected chi connectivity index (χ2v) is 3.79. The molecule has 1 fully saturated rings. The van der Waals surface area contributed by atoms with Gasteiger partial charge in [-0.15, -0.1) is 0 Å². The molecular formula is C17H27NO2. The molecule has 0 radical (unpaired) electrons. The Hall–Kier alpha value is -1.06. The van der Waals surface area contributed by atoms with E-state index in [0.717, 1.165) is 7.11 Å². The highest BCUT2D eigenvalue weighted by atomic mass is 16.5. The average Bonchev–Trinajstić information content (AvgIpc) is 2.79. The molecule has 20 heavy (non-hydrogen) atoms. The van der Waals surface area contributed by atoms with Crippen LogP contribution in [0.3, 0.4) is 0 Å². The third kappa shape index (κ3) is 3.53. The van der Waals surface area contributed by atoms with E-state index >= 15 is 0 Å². The summed E-state index contributed by atoms with van der Waals surface area (Å²) in [6.07, 6.45) is -21.8. The van der Waals surface area contributed by atoms with Gasteiger partial charge in [-0.2, -0.15) is 0 Å². The Balaban J connectivity index is 3.45. The molecule has 1 aliphatic rings. The Morgan fingerprint density at radius 1 is 1.50 bits per heavy atom. The molecule has 0 heterocycles. The lowest BCUT2D eigenvalue weighted by atomic mass is 9.72. The van der Waals surface area contributed by atoms with E-state index < -0.39 is 92.3 Å². The fourth-order valence-corrected chi connectivity index (χ4v) is 1.44. The van der Waals surface area contributed by atoms with Gasteiger partial charge < -0.3 is 14.7 Å². The minimum atomic E-state index is -4.83. The van der Waals surface area contributed by atoms with E-state index in [-0.39, 0.29) is 4.90 Å². The third-order valence-electron chi connectivity index (χ3n) is 2.31. The largest absolute Gasteiger partial charge is 0.497 e. The first-order chi connectivity index (χ1) is 17.4. The molecule has 1 aromatic carbocycles. The zero-order valence-corrected chi connectivity index (χ0v) is 10.8. The van der Waals surface area contributed by atoms with Gasteiger partial charge in [0.15, 0.2) is 0 Å². The summed E-state index contributed by atoms with van der Waals surface area (Å²) in [4.78, 5) is -0.304. The molecule has 0 bridgehead atoms. The van der Waals surface area contributed by atoms with E-state index in [1.807, 2.05) is 0 Å². The Morgan fingerprint density at radius 3 is 2.70 bits per heavy atom. The molecular weight excluding hydrogens is 250 g/mol. The maximum atomic E-state index is 12.1. The number of benzene rings is 1. The van der Waals surface area contributed by atoms with E-state index in [2.05, 4.69) is 0 Å². The van der Waals surface area contributed by atoms with Gasteiger partial charge in [-0.1, -0.05) is 31.2 Å². The summed E-state index contributed by atoms with van der Waals surface area (Å²) in [7, 11) is 1.38. The molecule has 0 aromatic heterocycles.